The molecule has 2 aliphatic heterocycles. The van der Waals surface area contributed by atoms with Crippen LogP contribution in [0.15, 0.2) is 48.5 Å². The maximum absolute atomic E-state index is 11.1. The molecule has 4 rings (SSSR count). The number of rotatable bonds is 4. The predicted octanol–water partition coefficient (Wildman–Crippen LogP) is 4.28. The molecule has 0 radical (unpaired) electrons. The number of methoxy groups -OCH3 is 1. The van der Waals surface area contributed by atoms with Gasteiger partial charge in [0.1, 0.15) is 0 Å². The highest BCUT2D eigenvalue weighted by molar-refractivity contribution is 6.30. The molecular formula is C23H28ClN3O3. The summed E-state index contributed by atoms with van der Waals surface area (Å²) < 4.78 is 5.99. The molecular weight excluding hydrogens is 402 g/mol. The van der Waals surface area contributed by atoms with Crippen molar-refractivity contribution >= 4 is 29.1 Å². The number of carboxylic acid groups (broad SMARTS) is 1. The Morgan fingerprint density at radius 2 is 1.37 bits per heavy atom. The lowest BCUT2D eigenvalue weighted by Gasteiger charge is -2.42. The summed E-state index contributed by atoms with van der Waals surface area (Å²) in [6, 6.07) is 16.6. The van der Waals surface area contributed by atoms with Crippen LogP contribution in [0.1, 0.15) is 18.4 Å². The molecule has 0 unspecified atom stereocenters. The summed E-state index contributed by atoms with van der Waals surface area (Å²) in [5, 5.41) is 9.84. The summed E-state index contributed by atoms with van der Waals surface area (Å²) in [5.41, 5.74) is 3.28. The molecule has 0 aromatic heterocycles. The second-order valence-electron chi connectivity index (χ2n) is 7.97. The van der Waals surface area contributed by atoms with Crippen LogP contribution in [0.25, 0.3) is 0 Å². The molecule has 2 aromatic carbocycles. The smallest absolute Gasteiger partial charge is 0.407 e. The van der Waals surface area contributed by atoms with Gasteiger partial charge < -0.3 is 24.5 Å². The topological polar surface area (TPSA) is 56.2 Å². The number of piperidine rings is 1. The van der Waals surface area contributed by atoms with Crippen LogP contribution in [-0.4, -0.2) is 62.5 Å². The number of carbonyl (C=O) groups is 1. The molecule has 6 nitrogen and oxygen atoms in total. The zero-order chi connectivity index (χ0) is 21.1. The van der Waals surface area contributed by atoms with Crippen LogP contribution in [0.2, 0.25) is 5.02 Å². The van der Waals surface area contributed by atoms with Gasteiger partial charge in [-0.3, -0.25) is 0 Å². The van der Waals surface area contributed by atoms with E-state index < -0.39 is 6.09 Å². The Morgan fingerprint density at radius 1 is 0.867 bits per heavy atom. The zero-order valence-corrected chi connectivity index (χ0v) is 18.0. The normalized spacial score (nSPS) is 19.1. The molecule has 1 amide bonds. The predicted molar refractivity (Wildman–Crippen MR) is 120 cm³/mol. The quantitative estimate of drug-likeness (QED) is 0.786. The third-order valence-electron chi connectivity index (χ3n) is 6.46. The second-order valence-corrected chi connectivity index (χ2v) is 8.40. The van der Waals surface area contributed by atoms with Crippen molar-refractivity contribution in [1.82, 2.24) is 4.90 Å². The Morgan fingerprint density at radius 3 is 1.83 bits per heavy atom. The van der Waals surface area contributed by atoms with E-state index in [-0.39, 0.29) is 5.60 Å². The van der Waals surface area contributed by atoms with Gasteiger partial charge in [-0.15, -0.1) is 0 Å². The van der Waals surface area contributed by atoms with E-state index in [1.54, 1.807) is 7.11 Å². The van der Waals surface area contributed by atoms with Gasteiger partial charge in [0, 0.05) is 62.8 Å². The molecule has 30 heavy (non-hydrogen) atoms. The molecule has 1 N–H and O–H groups in total. The number of hydrogen-bond donors (Lipinski definition) is 1. The highest BCUT2D eigenvalue weighted by Crippen LogP contribution is 2.38. The first-order valence-electron chi connectivity index (χ1n) is 10.4. The minimum absolute atomic E-state index is 0.259. The summed E-state index contributed by atoms with van der Waals surface area (Å²) in [5.74, 6) is 0. The van der Waals surface area contributed by atoms with Crippen molar-refractivity contribution in [3.63, 3.8) is 0 Å². The van der Waals surface area contributed by atoms with Gasteiger partial charge in [-0.25, -0.2) is 4.79 Å². The second kappa shape index (κ2) is 8.74. The minimum Gasteiger partial charge on any atom is -0.465 e. The number of anilines is 2. The number of ether oxygens (including phenoxy) is 1. The highest BCUT2D eigenvalue weighted by Gasteiger charge is 2.36. The molecule has 160 valence electrons. The third-order valence-corrected chi connectivity index (χ3v) is 6.71. The van der Waals surface area contributed by atoms with Gasteiger partial charge in [0.25, 0.3) is 0 Å². The van der Waals surface area contributed by atoms with Crippen molar-refractivity contribution in [2.75, 3.05) is 56.2 Å². The monoisotopic (exact) mass is 429 g/mol. The lowest BCUT2D eigenvalue weighted by atomic mass is 9.84. The summed E-state index contributed by atoms with van der Waals surface area (Å²) in [6.45, 7) is 4.40. The van der Waals surface area contributed by atoms with Gasteiger partial charge in [-0.2, -0.15) is 0 Å². The number of benzene rings is 2. The van der Waals surface area contributed by atoms with Gasteiger partial charge in [0.2, 0.25) is 0 Å². The van der Waals surface area contributed by atoms with Gasteiger partial charge in [0.15, 0.2) is 0 Å². The summed E-state index contributed by atoms with van der Waals surface area (Å²) >= 11 is 6.05. The van der Waals surface area contributed by atoms with Gasteiger partial charge >= 0.3 is 6.09 Å². The van der Waals surface area contributed by atoms with E-state index >= 15 is 0 Å². The molecule has 0 bridgehead atoms. The van der Waals surface area contributed by atoms with Crippen molar-refractivity contribution in [1.29, 1.82) is 0 Å². The Bertz CT molecular complexity index is 856. The number of nitrogens with zero attached hydrogens (tertiary/aromatic N) is 3. The van der Waals surface area contributed by atoms with Crippen molar-refractivity contribution in [2.45, 2.75) is 18.4 Å². The Labute approximate surface area is 182 Å². The average Bonchev–Trinajstić information content (AvgIpc) is 2.80. The van der Waals surface area contributed by atoms with E-state index in [9.17, 15) is 4.79 Å². The number of halogens is 1. The van der Waals surface area contributed by atoms with E-state index in [0.717, 1.165) is 49.7 Å². The average molecular weight is 430 g/mol. The van der Waals surface area contributed by atoms with Crippen molar-refractivity contribution in [3.05, 3.63) is 59.1 Å². The lowest BCUT2D eigenvalue weighted by molar-refractivity contribution is -0.0346. The van der Waals surface area contributed by atoms with E-state index in [2.05, 4.69) is 46.2 Å². The maximum atomic E-state index is 11.1. The number of amides is 1. The van der Waals surface area contributed by atoms with E-state index in [0.29, 0.717) is 13.1 Å². The van der Waals surface area contributed by atoms with Crippen LogP contribution in [0.4, 0.5) is 16.2 Å². The van der Waals surface area contributed by atoms with Gasteiger partial charge in [0.05, 0.1) is 5.60 Å². The fraction of sp³-hybridized carbons (Fsp3) is 0.435. The summed E-state index contributed by atoms with van der Waals surface area (Å²) in [6.07, 6.45) is 1.01. The van der Waals surface area contributed by atoms with Crippen molar-refractivity contribution in [2.24, 2.45) is 0 Å². The van der Waals surface area contributed by atoms with Crippen LogP contribution in [0.5, 0.6) is 0 Å². The lowest BCUT2D eigenvalue weighted by Crippen LogP contribution is -2.48. The first-order valence-corrected chi connectivity index (χ1v) is 10.8. The van der Waals surface area contributed by atoms with Gasteiger partial charge in [-0.05, 0) is 54.8 Å². The molecule has 2 aromatic rings. The molecule has 2 aliphatic rings. The SMILES string of the molecule is COC1(c2ccc(Cl)cc2)CCN(c2ccc(N3CCN(C(=O)O)CC3)cc2)CC1. The van der Waals surface area contributed by atoms with Crippen molar-refractivity contribution in [3.8, 4) is 0 Å². The molecule has 2 fully saturated rings. The minimum atomic E-state index is -0.833. The van der Waals surface area contributed by atoms with Crippen LogP contribution >= 0.6 is 11.6 Å². The van der Waals surface area contributed by atoms with Gasteiger partial charge in [-0.1, -0.05) is 23.7 Å². The Balaban J connectivity index is 1.38. The van der Waals surface area contributed by atoms with Crippen LogP contribution < -0.4 is 9.80 Å². The Hall–Kier alpha value is -2.44. The number of hydrogen-bond acceptors (Lipinski definition) is 4. The first-order chi connectivity index (χ1) is 14.5. The highest BCUT2D eigenvalue weighted by atomic mass is 35.5. The molecule has 2 heterocycles. The summed E-state index contributed by atoms with van der Waals surface area (Å²) in [4.78, 5) is 17.2. The molecule has 0 spiro atoms. The Kier molecular flexibility index (Phi) is 6.06. The fourth-order valence-corrected chi connectivity index (χ4v) is 4.65. The standard InChI is InChI=1S/C23H28ClN3O3/c1-30-23(18-2-4-19(24)5-3-18)10-12-25(13-11-23)20-6-8-21(9-7-20)26-14-16-27(17-15-26)22(28)29/h2-9H,10-17H2,1H3,(H,28,29). The molecule has 2 saturated heterocycles. The molecule has 0 atom stereocenters. The van der Waals surface area contributed by atoms with E-state index in [1.807, 2.05) is 12.1 Å². The molecule has 7 heteroatoms. The summed E-state index contributed by atoms with van der Waals surface area (Å²) in [7, 11) is 1.79. The number of piperazine rings is 1. The van der Waals surface area contributed by atoms with E-state index in [1.165, 1.54) is 16.2 Å². The fourth-order valence-electron chi connectivity index (χ4n) is 4.52. The van der Waals surface area contributed by atoms with E-state index in [4.69, 9.17) is 21.4 Å². The zero-order valence-electron chi connectivity index (χ0n) is 17.3. The largest absolute Gasteiger partial charge is 0.465 e. The van der Waals surface area contributed by atoms with Crippen LogP contribution in [0.3, 0.4) is 0 Å². The molecule has 0 aliphatic carbocycles. The van der Waals surface area contributed by atoms with Crippen LogP contribution in [0, 0.1) is 0 Å². The first kappa shape index (κ1) is 20.8. The third kappa shape index (κ3) is 4.20. The van der Waals surface area contributed by atoms with Crippen LogP contribution in [-0.2, 0) is 10.3 Å². The van der Waals surface area contributed by atoms with Crippen molar-refractivity contribution < 1.29 is 14.6 Å². The molecule has 0 saturated carbocycles. The maximum Gasteiger partial charge on any atom is 0.407 e.